The van der Waals surface area contributed by atoms with E-state index in [1.165, 1.54) is 25.3 Å². The second-order valence-electron chi connectivity index (χ2n) is 7.60. The molecule has 2 aromatic carbocycles. The molecule has 2 N–H and O–H groups in total. The highest BCUT2D eigenvalue weighted by Gasteiger charge is 2.34. The highest BCUT2D eigenvalue weighted by molar-refractivity contribution is 7.89. The summed E-state index contributed by atoms with van der Waals surface area (Å²) < 4.78 is 32.5. The Morgan fingerprint density at radius 3 is 2.25 bits per heavy atom. The summed E-state index contributed by atoms with van der Waals surface area (Å²) in [7, 11) is -2.34. The van der Waals surface area contributed by atoms with Crippen LogP contribution in [-0.2, 0) is 14.8 Å². The highest BCUT2D eigenvalue weighted by Crippen LogP contribution is 2.28. The molecule has 0 saturated carbocycles. The van der Waals surface area contributed by atoms with Gasteiger partial charge in [-0.2, -0.15) is 0 Å². The number of carbonyl (C=O) groups is 3. The van der Waals surface area contributed by atoms with Crippen molar-refractivity contribution in [3.8, 4) is 5.75 Å². The lowest BCUT2D eigenvalue weighted by Crippen LogP contribution is -2.31. The van der Waals surface area contributed by atoms with E-state index in [0.29, 0.717) is 16.9 Å². The zero-order chi connectivity index (χ0) is 23.5. The molecule has 0 fully saturated rings. The summed E-state index contributed by atoms with van der Waals surface area (Å²) >= 11 is 0. The van der Waals surface area contributed by atoms with Crippen molar-refractivity contribution in [2.75, 3.05) is 19.0 Å². The fraction of sp³-hybridized carbons (Fsp3) is 0.318. The molecule has 0 unspecified atom stereocenters. The van der Waals surface area contributed by atoms with E-state index in [0.717, 1.165) is 4.90 Å². The Morgan fingerprint density at radius 1 is 1.06 bits per heavy atom. The number of carbonyl (C=O) groups excluding carboxylic acids is 3. The smallest absolute Gasteiger partial charge is 0.261 e. The molecule has 3 amide bonds. The van der Waals surface area contributed by atoms with Crippen LogP contribution in [0.1, 0.15) is 47.4 Å². The summed E-state index contributed by atoms with van der Waals surface area (Å²) in [5.74, 6) is -0.833. The van der Waals surface area contributed by atoms with Gasteiger partial charge in [0.2, 0.25) is 15.9 Å². The topological polar surface area (TPSA) is 122 Å². The third kappa shape index (κ3) is 4.97. The first-order chi connectivity index (χ1) is 15.1. The molecule has 0 saturated heterocycles. The van der Waals surface area contributed by atoms with Crippen LogP contribution >= 0.6 is 0 Å². The summed E-state index contributed by atoms with van der Waals surface area (Å²) in [5.41, 5.74) is 0.935. The van der Waals surface area contributed by atoms with Gasteiger partial charge in [0.05, 0.1) is 28.8 Å². The maximum absolute atomic E-state index is 12.5. The SMILES string of the molecule is COc1ccc(S(=O)(=O)NC(C)C)cc1NC(=O)CCCN1C(=O)c2ccccc2C1=O. The highest BCUT2D eigenvalue weighted by atomic mass is 32.2. The Balaban J connectivity index is 1.63. The average Bonchev–Trinajstić information content (AvgIpc) is 2.98. The lowest BCUT2D eigenvalue weighted by molar-refractivity contribution is -0.116. The molecule has 3 rings (SSSR count). The fourth-order valence-corrected chi connectivity index (χ4v) is 4.66. The maximum atomic E-state index is 12.5. The number of hydrogen-bond acceptors (Lipinski definition) is 6. The fourth-order valence-electron chi connectivity index (χ4n) is 3.38. The van der Waals surface area contributed by atoms with Gasteiger partial charge in [0, 0.05) is 19.0 Å². The largest absolute Gasteiger partial charge is 0.495 e. The molecule has 2 aromatic rings. The van der Waals surface area contributed by atoms with E-state index in [9.17, 15) is 22.8 Å². The number of nitrogens with zero attached hydrogens (tertiary/aromatic N) is 1. The zero-order valence-corrected chi connectivity index (χ0v) is 18.9. The van der Waals surface area contributed by atoms with Gasteiger partial charge >= 0.3 is 0 Å². The van der Waals surface area contributed by atoms with Crippen LogP contribution in [0.2, 0.25) is 0 Å². The molecule has 10 heteroatoms. The van der Waals surface area contributed by atoms with Gasteiger partial charge in [-0.1, -0.05) is 12.1 Å². The van der Waals surface area contributed by atoms with Crippen molar-refractivity contribution in [1.82, 2.24) is 9.62 Å². The van der Waals surface area contributed by atoms with E-state index >= 15 is 0 Å². The molecule has 1 aliphatic heterocycles. The second-order valence-corrected chi connectivity index (χ2v) is 9.31. The molecule has 170 valence electrons. The van der Waals surface area contributed by atoms with Crippen molar-refractivity contribution in [1.29, 1.82) is 0 Å². The number of anilines is 1. The molecular weight excluding hydrogens is 434 g/mol. The van der Waals surface area contributed by atoms with Gasteiger partial charge in [-0.05, 0) is 50.6 Å². The van der Waals surface area contributed by atoms with E-state index in [-0.39, 0.29) is 47.8 Å². The van der Waals surface area contributed by atoms with Crippen LogP contribution in [0, 0.1) is 0 Å². The molecule has 0 spiro atoms. The van der Waals surface area contributed by atoms with Gasteiger partial charge in [0.25, 0.3) is 11.8 Å². The first kappa shape index (κ1) is 23.4. The van der Waals surface area contributed by atoms with E-state index in [1.54, 1.807) is 38.1 Å². The van der Waals surface area contributed by atoms with Crippen molar-refractivity contribution in [3.63, 3.8) is 0 Å². The number of nitrogens with one attached hydrogen (secondary N) is 2. The Hall–Kier alpha value is -3.24. The summed E-state index contributed by atoms with van der Waals surface area (Å²) in [4.78, 5) is 38.4. The molecule has 32 heavy (non-hydrogen) atoms. The molecule has 1 aliphatic rings. The minimum absolute atomic E-state index is 0.00618. The van der Waals surface area contributed by atoms with Crippen LogP contribution in [0.4, 0.5) is 5.69 Å². The van der Waals surface area contributed by atoms with Crippen molar-refractivity contribution in [2.45, 2.75) is 37.6 Å². The quantitative estimate of drug-likeness (QED) is 0.556. The number of sulfonamides is 1. The molecule has 1 heterocycles. The predicted octanol–water partition coefficient (Wildman–Crippen LogP) is 2.40. The van der Waals surface area contributed by atoms with E-state index < -0.39 is 15.9 Å². The molecule has 0 atom stereocenters. The molecule has 9 nitrogen and oxygen atoms in total. The maximum Gasteiger partial charge on any atom is 0.261 e. The van der Waals surface area contributed by atoms with Gasteiger partial charge in [0.1, 0.15) is 5.75 Å². The summed E-state index contributed by atoms with van der Waals surface area (Å²) in [6.07, 6.45) is 0.282. The number of imide groups is 1. The van der Waals surface area contributed by atoms with Crippen molar-refractivity contribution >= 4 is 33.4 Å². The molecule has 0 aliphatic carbocycles. The summed E-state index contributed by atoms with van der Waals surface area (Å²) in [5, 5.41) is 2.65. The first-order valence-electron chi connectivity index (χ1n) is 10.1. The van der Waals surface area contributed by atoms with Gasteiger partial charge in [0.15, 0.2) is 0 Å². The zero-order valence-electron chi connectivity index (χ0n) is 18.0. The van der Waals surface area contributed by atoms with Crippen LogP contribution in [0.15, 0.2) is 47.4 Å². The van der Waals surface area contributed by atoms with Crippen molar-refractivity contribution in [2.24, 2.45) is 0 Å². The van der Waals surface area contributed by atoms with Crippen LogP contribution in [0.5, 0.6) is 5.75 Å². The van der Waals surface area contributed by atoms with Gasteiger partial charge in [-0.15, -0.1) is 0 Å². The Bertz CT molecular complexity index is 1130. The minimum Gasteiger partial charge on any atom is -0.495 e. The van der Waals surface area contributed by atoms with Crippen molar-refractivity contribution in [3.05, 3.63) is 53.6 Å². The van der Waals surface area contributed by atoms with E-state index in [1.807, 2.05) is 0 Å². The van der Waals surface area contributed by atoms with Gasteiger partial charge in [-0.25, -0.2) is 13.1 Å². The normalized spacial score (nSPS) is 13.4. The number of hydrogen-bond donors (Lipinski definition) is 2. The lowest BCUT2D eigenvalue weighted by atomic mass is 10.1. The van der Waals surface area contributed by atoms with Crippen molar-refractivity contribution < 1.29 is 27.5 Å². The van der Waals surface area contributed by atoms with Crippen LogP contribution in [0.3, 0.4) is 0 Å². The number of rotatable bonds is 9. The van der Waals surface area contributed by atoms with Crippen LogP contribution in [-0.4, -0.2) is 50.7 Å². The average molecular weight is 460 g/mol. The summed E-state index contributed by atoms with van der Waals surface area (Å²) in [6.45, 7) is 3.51. The predicted molar refractivity (Wildman–Crippen MR) is 118 cm³/mol. The number of amides is 3. The number of methoxy groups -OCH3 is 1. The van der Waals surface area contributed by atoms with Crippen LogP contribution < -0.4 is 14.8 Å². The lowest BCUT2D eigenvalue weighted by Gasteiger charge is -2.15. The van der Waals surface area contributed by atoms with Crippen LogP contribution in [0.25, 0.3) is 0 Å². The molecule has 0 bridgehead atoms. The summed E-state index contributed by atoms with van der Waals surface area (Å²) in [6, 6.07) is 10.5. The number of fused-ring (bicyclic) bond motifs is 1. The standard InChI is InChI=1S/C22H25N3O6S/c1-14(2)24-32(29,30)15-10-11-19(31-3)18(13-15)23-20(26)9-6-12-25-21(27)16-7-4-5-8-17(16)22(25)28/h4-5,7-8,10-11,13-14,24H,6,9,12H2,1-3H3,(H,23,26). The number of ether oxygens (including phenoxy) is 1. The third-order valence-electron chi connectivity index (χ3n) is 4.81. The molecule has 0 radical (unpaired) electrons. The molecule has 0 aromatic heterocycles. The van der Waals surface area contributed by atoms with Gasteiger partial charge in [-0.3, -0.25) is 19.3 Å². The second kappa shape index (κ2) is 9.49. The Morgan fingerprint density at radius 2 is 1.69 bits per heavy atom. The number of benzene rings is 2. The Kier molecular flexibility index (Phi) is 6.95. The first-order valence-corrected chi connectivity index (χ1v) is 11.6. The molecular formula is C22H25N3O6S. The Labute approximate surface area is 186 Å². The van der Waals surface area contributed by atoms with Gasteiger partial charge < -0.3 is 10.1 Å². The van der Waals surface area contributed by atoms with E-state index in [4.69, 9.17) is 4.74 Å². The van der Waals surface area contributed by atoms with E-state index in [2.05, 4.69) is 10.0 Å². The minimum atomic E-state index is -3.75. The third-order valence-corrected chi connectivity index (χ3v) is 6.47. The monoisotopic (exact) mass is 459 g/mol.